The second-order valence-electron chi connectivity index (χ2n) is 4.74. The Morgan fingerprint density at radius 3 is 2.44 bits per heavy atom. The summed E-state index contributed by atoms with van der Waals surface area (Å²) in [6.07, 6.45) is 0. The van der Waals surface area contributed by atoms with E-state index < -0.39 is 21.5 Å². The Kier molecular flexibility index (Phi) is 6.43. The zero-order valence-corrected chi connectivity index (χ0v) is 13.6. The molecule has 0 fully saturated rings. The van der Waals surface area contributed by atoms with Crippen molar-refractivity contribution in [3.63, 3.8) is 0 Å². The predicted molar refractivity (Wildman–Crippen MR) is 89.8 cm³/mol. The molecule has 0 bridgehead atoms. The van der Waals surface area contributed by atoms with Gasteiger partial charge in [0.15, 0.2) is 0 Å². The molecule has 0 aliphatic carbocycles. The summed E-state index contributed by atoms with van der Waals surface area (Å²) in [6.45, 7) is -0.0463. The zero-order valence-electron chi connectivity index (χ0n) is 12.8. The number of nitro groups is 2. The average molecular weight is 363 g/mol. The largest absolute Gasteiger partial charge is 0.460 e. The molecule has 0 aliphatic heterocycles. The zero-order chi connectivity index (χ0) is 18.2. The van der Waals surface area contributed by atoms with E-state index in [1.54, 1.807) is 0 Å². The second kappa shape index (κ2) is 8.76. The Morgan fingerprint density at radius 1 is 1.08 bits per heavy atom. The summed E-state index contributed by atoms with van der Waals surface area (Å²) in [6, 6.07) is 12.4. The van der Waals surface area contributed by atoms with Gasteiger partial charge in [0.05, 0.1) is 15.9 Å². The van der Waals surface area contributed by atoms with Gasteiger partial charge in [-0.2, -0.15) is 0 Å². The van der Waals surface area contributed by atoms with Gasteiger partial charge in [0.1, 0.15) is 18.0 Å². The third kappa shape index (κ3) is 5.55. The van der Waals surface area contributed by atoms with Crippen LogP contribution in [0.4, 0.5) is 11.4 Å². The number of ether oxygens (including phenoxy) is 1. The molecular weight excluding hydrogens is 350 g/mol. The number of rotatable bonds is 8. The third-order valence-corrected chi connectivity index (χ3v) is 3.85. The van der Waals surface area contributed by atoms with Gasteiger partial charge in [-0.1, -0.05) is 30.3 Å². The lowest BCUT2D eigenvalue weighted by atomic mass is 10.2. The summed E-state index contributed by atoms with van der Waals surface area (Å²) in [7, 11) is 0. The Morgan fingerprint density at radius 2 is 1.80 bits per heavy atom. The normalized spacial score (nSPS) is 10.2. The molecule has 2 rings (SSSR count). The van der Waals surface area contributed by atoms with Gasteiger partial charge >= 0.3 is 5.97 Å². The van der Waals surface area contributed by atoms with E-state index >= 15 is 0 Å². The number of hydrogen-bond acceptors (Lipinski definition) is 8. The van der Waals surface area contributed by atoms with Crippen LogP contribution in [0.1, 0.15) is 5.56 Å². The molecule has 25 heavy (non-hydrogen) atoms. The Balaban J connectivity index is 1.87. The van der Waals surface area contributed by atoms with Crippen molar-refractivity contribution in [2.45, 2.75) is 11.5 Å². The van der Waals surface area contributed by atoms with Crippen molar-refractivity contribution in [3.05, 3.63) is 74.3 Å². The van der Waals surface area contributed by atoms with Crippen LogP contribution in [-0.2, 0) is 16.1 Å². The van der Waals surface area contributed by atoms with E-state index in [0.717, 1.165) is 29.6 Å². The Labute approximate surface area is 146 Å². The van der Waals surface area contributed by atoms with Gasteiger partial charge in [0.25, 0.3) is 11.4 Å². The quantitative estimate of drug-likeness (QED) is 0.328. The van der Waals surface area contributed by atoms with E-state index in [-0.39, 0.29) is 23.7 Å². The van der Waals surface area contributed by atoms with Crippen LogP contribution in [0.15, 0.2) is 53.4 Å². The second-order valence-corrected chi connectivity index (χ2v) is 5.67. The maximum atomic E-state index is 11.6. The first-order valence-corrected chi connectivity index (χ1v) is 7.81. The van der Waals surface area contributed by atoms with Crippen LogP contribution >= 0.6 is 11.9 Å². The fraction of sp³-hybridized carbons (Fsp3) is 0.133. The first-order valence-electron chi connectivity index (χ1n) is 6.99. The van der Waals surface area contributed by atoms with Gasteiger partial charge in [-0.05, 0) is 23.6 Å². The average Bonchev–Trinajstić information content (AvgIpc) is 2.60. The van der Waals surface area contributed by atoms with Gasteiger partial charge in [0.2, 0.25) is 0 Å². The molecule has 2 aromatic carbocycles. The van der Waals surface area contributed by atoms with E-state index in [9.17, 15) is 25.0 Å². The fourth-order valence-electron chi connectivity index (χ4n) is 1.81. The molecular formula is C15H13N3O6S. The molecule has 0 spiro atoms. The minimum atomic E-state index is -0.718. The van der Waals surface area contributed by atoms with Crippen LogP contribution in [-0.4, -0.2) is 22.4 Å². The lowest BCUT2D eigenvalue weighted by Crippen LogP contribution is -2.19. The lowest BCUT2D eigenvalue weighted by molar-refractivity contribution is -0.396. The molecule has 0 amide bonds. The topological polar surface area (TPSA) is 125 Å². The van der Waals surface area contributed by atoms with E-state index in [2.05, 4.69) is 4.72 Å². The van der Waals surface area contributed by atoms with Crippen LogP contribution in [0.3, 0.4) is 0 Å². The molecule has 2 aromatic rings. The van der Waals surface area contributed by atoms with Crippen molar-refractivity contribution < 1.29 is 19.4 Å². The van der Waals surface area contributed by atoms with E-state index in [4.69, 9.17) is 4.74 Å². The van der Waals surface area contributed by atoms with E-state index in [1.807, 2.05) is 30.3 Å². The number of nitrogens with one attached hydrogen (secondary N) is 1. The molecule has 0 aliphatic rings. The van der Waals surface area contributed by atoms with Crippen LogP contribution in [0, 0.1) is 20.2 Å². The maximum Gasteiger partial charge on any atom is 0.321 e. The number of non-ortho nitro benzene ring substituents is 1. The van der Waals surface area contributed by atoms with Crippen LogP contribution in [0.2, 0.25) is 0 Å². The number of esters is 1. The summed E-state index contributed by atoms with van der Waals surface area (Å²) in [5.41, 5.74) is 0.0529. The van der Waals surface area contributed by atoms with Crippen LogP contribution in [0.5, 0.6) is 0 Å². The first kappa shape index (κ1) is 18.4. The lowest BCUT2D eigenvalue weighted by Gasteiger charge is -2.06. The van der Waals surface area contributed by atoms with Crippen LogP contribution in [0.25, 0.3) is 0 Å². The van der Waals surface area contributed by atoms with Gasteiger partial charge in [-0.3, -0.25) is 25.0 Å². The van der Waals surface area contributed by atoms with Gasteiger partial charge in [-0.25, -0.2) is 4.72 Å². The molecule has 0 atom stereocenters. The molecule has 0 saturated heterocycles. The predicted octanol–water partition coefficient (Wildman–Crippen LogP) is 2.84. The monoisotopic (exact) mass is 363 g/mol. The Bertz CT molecular complexity index is 784. The fourth-order valence-corrected chi connectivity index (χ4v) is 2.53. The van der Waals surface area contributed by atoms with Crippen molar-refractivity contribution in [1.82, 2.24) is 4.72 Å². The summed E-state index contributed by atoms with van der Waals surface area (Å²) in [4.78, 5) is 32.1. The Hall–Kier alpha value is -2.98. The van der Waals surface area contributed by atoms with Gasteiger partial charge < -0.3 is 4.74 Å². The molecule has 0 aromatic heterocycles. The van der Waals surface area contributed by atoms with E-state index in [1.165, 1.54) is 6.07 Å². The molecule has 1 N–H and O–H groups in total. The minimum absolute atomic E-state index is 0.129. The SMILES string of the molecule is O=C(CNSc1ccc([N+](=O)[O-])cc1[N+](=O)[O-])OCc1ccccc1. The summed E-state index contributed by atoms with van der Waals surface area (Å²) in [5.74, 6) is -0.527. The highest BCUT2D eigenvalue weighted by atomic mass is 32.2. The number of hydrogen-bond donors (Lipinski definition) is 1. The standard InChI is InChI=1S/C15H13N3O6S/c19-15(24-10-11-4-2-1-3-5-11)9-16-25-14-7-6-12(17(20)21)8-13(14)18(22)23/h1-8,16H,9-10H2. The highest BCUT2D eigenvalue weighted by Gasteiger charge is 2.20. The van der Waals surface area contributed by atoms with Gasteiger partial charge in [-0.15, -0.1) is 0 Å². The number of benzene rings is 2. The molecule has 0 radical (unpaired) electrons. The molecule has 0 heterocycles. The smallest absolute Gasteiger partial charge is 0.321 e. The maximum absolute atomic E-state index is 11.6. The van der Waals surface area contributed by atoms with Crippen LogP contribution < -0.4 is 4.72 Å². The highest BCUT2D eigenvalue weighted by molar-refractivity contribution is 7.97. The molecule has 0 unspecified atom stereocenters. The van der Waals surface area contributed by atoms with Crippen molar-refractivity contribution in [2.24, 2.45) is 0 Å². The third-order valence-electron chi connectivity index (χ3n) is 2.99. The molecule has 10 heteroatoms. The summed E-state index contributed by atoms with van der Waals surface area (Å²) < 4.78 is 7.71. The van der Waals surface area contributed by atoms with Crippen molar-refractivity contribution >= 4 is 29.3 Å². The highest BCUT2D eigenvalue weighted by Crippen LogP contribution is 2.30. The van der Waals surface area contributed by atoms with Crippen molar-refractivity contribution in [3.8, 4) is 0 Å². The van der Waals surface area contributed by atoms with Gasteiger partial charge in [0, 0.05) is 6.07 Å². The first-order chi connectivity index (χ1) is 12.0. The van der Waals surface area contributed by atoms with Crippen molar-refractivity contribution in [1.29, 1.82) is 0 Å². The van der Waals surface area contributed by atoms with E-state index in [0.29, 0.717) is 0 Å². The molecule has 9 nitrogen and oxygen atoms in total. The minimum Gasteiger partial charge on any atom is -0.460 e. The number of nitro benzene ring substituents is 2. The summed E-state index contributed by atoms with van der Waals surface area (Å²) >= 11 is 0.831. The molecule has 130 valence electrons. The molecule has 0 saturated carbocycles. The summed E-state index contributed by atoms with van der Waals surface area (Å²) in [5, 5.41) is 21.7. The van der Waals surface area contributed by atoms with Crippen molar-refractivity contribution in [2.75, 3.05) is 6.54 Å². The number of nitrogens with zero attached hydrogens (tertiary/aromatic N) is 2. The number of carbonyl (C=O) groups is 1. The number of carbonyl (C=O) groups excluding carboxylic acids is 1.